The first-order valence-corrected chi connectivity index (χ1v) is 4.42. The standard InChI is InChI=1S/C8H15N5/c1-8(9)5-13(6-8)4-7-3-12(2)11-10-7/h3H,4-6,9H2,1-2H3. The van der Waals surface area contributed by atoms with Crippen molar-refractivity contribution in [2.45, 2.75) is 19.0 Å². The van der Waals surface area contributed by atoms with E-state index in [0.29, 0.717) is 0 Å². The number of hydrogen-bond acceptors (Lipinski definition) is 4. The quantitative estimate of drug-likeness (QED) is 0.658. The molecule has 0 amide bonds. The van der Waals surface area contributed by atoms with Gasteiger partial charge in [0.2, 0.25) is 0 Å². The lowest BCUT2D eigenvalue weighted by atomic mass is 9.94. The van der Waals surface area contributed by atoms with Crippen LogP contribution in [0.2, 0.25) is 0 Å². The molecule has 2 heterocycles. The number of aryl methyl sites for hydroxylation is 1. The van der Waals surface area contributed by atoms with Crippen LogP contribution < -0.4 is 5.73 Å². The Kier molecular flexibility index (Phi) is 1.85. The fourth-order valence-electron chi connectivity index (χ4n) is 1.78. The maximum Gasteiger partial charge on any atom is 0.0967 e. The summed E-state index contributed by atoms with van der Waals surface area (Å²) in [6.07, 6.45) is 1.94. The Hall–Kier alpha value is -0.940. The molecule has 0 spiro atoms. The zero-order valence-electron chi connectivity index (χ0n) is 8.06. The van der Waals surface area contributed by atoms with Crippen LogP contribution in [-0.2, 0) is 13.6 Å². The van der Waals surface area contributed by atoms with E-state index < -0.39 is 0 Å². The van der Waals surface area contributed by atoms with Gasteiger partial charge < -0.3 is 5.73 Å². The Labute approximate surface area is 77.5 Å². The van der Waals surface area contributed by atoms with Crippen LogP contribution in [0, 0.1) is 0 Å². The van der Waals surface area contributed by atoms with Gasteiger partial charge in [-0.15, -0.1) is 5.10 Å². The number of aromatic nitrogens is 3. The second-order valence-corrected chi connectivity index (χ2v) is 4.18. The Morgan fingerprint density at radius 1 is 1.62 bits per heavy atom. The summed E-state index contributed by atoms with van der Waals surface area (Å²) in [5.41, 5.74) is 6.90. The van der Waals surface area contributed by atoms with Gasteiger partial charge in [0.1, 0.15) is 0 Å². The van der Waals surface area contributed by atoms with Crippen molar-refractivity contribution in [2.24, 2.45) is 12.8 Å². The molecule has 0 radical (unpaired) electrons. The van der Waals surface area contributed by atoms with Gasteiger partial charge in [-0.3, -0.25) is 9.58 Å². The van der Waals surface area contributed by atoms with Gasteiger partial charge in [-0.1, -0.05) is 5.21 Å². The minimum Gasteiger partial charge on any atom is -0.323 e. The molecule has 2 rings (SSSR count). The fourth-order valence-corrected chi connectivity index (χ4v) is 1.78. The molecule has 13 heavy (non-hydrogen) atoms. The van der Waals surface area contributed by atoms with Gasteiger partial charge >= 0.3 is 0 Å². The van der Waals surface area contributed by atoms with E-state index in [-0.39, 0.29) is 5.54 Å². The van der Waals surface area contributed by atoms with Gasteiger partial charge in [-0.05, 0) is 6.92 Å². The van der Waals surface area contributed by atoms with Crippen molar-refractivity contribution in [3.63, 3.8) is 0 Å². The summed E-state index contributed by atoms with van der Waals surface area (Å²) in [4.78, 5) is 2.27. The largest absolute Gasteiger partial charge is 0.323 e. The molecule has 1 fully saturated rings. The minimum atomic E-state index is 0.00219. The van der Waals surface area contributed by atoms with Crippen molar-refractivity contribution >= 4 is 0 Å². The summed E-state index contributed by atoms with van der Waals surface area (Å²) >= 11 is 0. The first kappa shape index (κ1) is 8.65. The summed E-state index contributed by atoms with van der Waals surface area (Å²) in [7, 11) is 1.87. The molecule has 72 valence electrons. The van der Waals surface area contributed by atoms with Crippen molar-refractivity contribution in [2.75, 3.05) is 13.1 Å². The molecule has 1 aromatic heterocycles. The van der Waals surface area contributed by atoms with E-state index in [1.165, 1.54) is 0 Å². The van der Waals surface area contributed by atoms with Gasteiger partial charge in [-0.25, -0.2) is 0 Å². The highest BCUT2D eigenvalue weighted by atomic mass is 15.4. The first-order valence-electron chi connectivity index (χ1n) is 4.42. The van der Waals surface area contributed by atoms with Crippen molar-refractivity contribution in [1.29, 1.82) is 0 Å². The lowest BCUT2D eigenvalue weighted by Crippen LogP contribution is -2.64. The summed E-state index contributed by atoms with van der Waals surface area (Å²) in [5.74, 6) is 0. The van der Waals surface area contributed by atoms with E-state index in [2.05, 4.69) is 22.1 Å². The highest BCUT2D eigenvalue weighted by Crippen LogP contribution is 2.18. The molecular weight excluding hydrogens is 166 g/mol. The number of likely N-dealkylation sites (tertiary alicyclic amines) is 1. The smallest absolute Gasteiger partial charge is 0.0967 e. The molecule has 5 heteroatoms. The first-order chi connectivity index (χ1) is 6.05. The van der Waals surface area contributed by atoms with E-state index >= 15 is 0 Å². The van der Waals surface area contributed by atoms with E-state index in [1.807, 2.05) is 13.2 Å². The Bertz CT molecular complexity index is 295. The van der Waals surface area contributed by atoms with Gasteiger partial charge in [0.25, 0.3) is 0 Å². The maximum atomic E-state index is 5.89. The van der Waals surface area contributed by atoms with Crippen molar-refractivity contribution < 1.29 is 0 Å². The molecule has 0 atom stereocenters. The number of nitrogens with two attached hydrogens (primary N) is 1. The summed E-state index contributed by atoms with van der Waals surface area (Å²) in [6.45, 7) is 4.83. The van der Waals surface area contributed by atoms with Crippen molar-refractivity contribution in [1.82, 2.24) is 19.9 Å². The zero-order chi connectivity index (χ0) is 9.47. The van der Waals surface area contributed by atoms with Gasteiger partial charge in [0.15, 0.2) is 0 Å². The van der Waals surface area contributed by atoms with E-state index in [9.17, 15) is 0 Å². The molecule has 1 aliphatic heterocycles. The Morgan fingerprint density at radius 3 is 2.77 bits per heavy atom. The number of hydrogen-bond donors (Lipinski definition) is 1. The molecular formula is C8H15N5. The van der Waals surface area contributed by atoms with Crippen LogP contribution in [-0.4, -0.2) is 38.5 Å². The van der Waals surface area contributed by atoms with Gasteiger partial charge in [0, 0.05) is 38.4 Å². The van der Waals surface area contributed by atoms with E-state index in [0.717, 1.165) is 25.3 Å². The predicted octanol–water partition coefficient (Wildman–Crippen LogP) is -0.652. The second-order valence-electron chi connectivity index (χ2n) is 4.18. The topological polar surface area (TPSA) is 60.0 Å². The zero-order valence-corrected chi connectivity index (χ0v) is 8.06. The molecule has 0 bridgehead atoms. The van der Waals surface area contributed by atoms with Gasteiger partial charge in [0.05, 0.1) is 5.69 Å². The average Bonchev–Trinajstić information content (AvgIpc) is 2.31. The molecule has 1 saturated heterocycles. The summed E-state index contributed by atoms with van der Waals surface area (Å²) < 4.78 is 1.72. The molecule has 0 aliphatic carbocycles. The van der Waals surface area contributed by atoms with Crippen LogP contribution in [0.15, 0.2) is 6.20 Å². The molecule has 0 saturated carbocycles. The third-order valence-electron chi connectivity index (χ3n) is 2.21. The SMILES string of the molecule is Cn1cc(CN2CC(C)(N)C2)nn1. The number of rotatable bonds is 2. The van der Waals surface area contributed by atoms with Crippen LogP contribution in [0.25, 0.3) is 0 Å². The molecule has 2 N–H and O–H groups in total. The van der Waals surface area contributed by atoms with Crippen molar-refractivity contribution in [3.05, 3.63) is 11.9 Å². The van der Waals surface area contributed by atoms with Crippen LogP contribution >= 0.6 is 0 Å². The summed E-state index contributed by atoms with van der Waals surface area (Å²) in [6, 6.07) is 0. The predicted molar refractivity (Wildman–Crippen MR) is 48.9 cm³/mol. The molecule has 0 unspecified atom stereocenters. The van der Waals surface area contributed by atoms with E-state index in [4.69, 9.17) is 5.73 Å². The normalized spacial score (nSPS) is 21.5. The molecule has 1 aromatic rings. The second kappa shape index (κ2) is 2.78. The van der Waals surface area contributed by atoms with Crippen molar-refractivity contribution in [3.8, 4) is 0 Å². The molecule has 1 aliphatic rings. The van der Waals surface area contributed by atoms with Gasteiger partial charge in [-0.2, -0.15) is 0 Å². The van der Waals surface area contributed by atoms with Crippen LogP contribution in [0.5, 0.6) is 0 Å². The number of nitrogens with zero attached hydrogens (tertiary/aromatic N) is 4. The van der Waals surface area contributed by atoms with Crippen LogP contribution in [0.4, 0.5) is 0 Å². The highest BCUT2D eigenvalue weighted by Gasteiger charge is 2.34. The molecule has 0 aromatic carbocycles. The molecule has 5 nitrogen and oxygen atoms in total. The average molecular weight is 181 g/mol. The maximum absolute atomic E-state index is 5.89. The Balaban J connectivity index is 1.87. The monoisotopic (exact) mass is 181 g/mol. The fraction of sp³-hybridized carbons (Fsp3) is 0.750. The van der Waals surface area contributed by atoms with Crippen LogP contribution in [0.1, 0.15) is 12.6 Å². The third kappa shape index (κ3) is 1.87. The Morgan fingerprint density at radius 2 is 2.31 bits per heavy atom. The highest BCUT2D eigenvalue weighted by molar-refractivity contribution is 5.00. The lowest BCUT2D eigenvalue weighted by Gasteiger charge is -2.45. The van der Waals surface area contributed by atoms with Crippen LogP contribution in [0.3, 0.4) is 0 Å². The summed E-state index contributed by atoms with van der Waals surface area (Å²) in [5, 5.41) is 7.89. The third-order valence-corrected chi connectivity index (χ3v) is 2.21. The van der Waals surface area contributed by atoms with E-state index in [1.54, 1.807) is 4.68 Å². The minimum absolute atomic E-state index is 0.00219. The lowest BCUT2D eigenvalue weighted by molar-refractivity contribution is 0.0751.